The Kier molecular flexibility index (Phi) is 4.65. The van der Waals surface area contributed by atoms with E-state index < -0.39 is 0 Å². The van der Waals surface area contributed by atoms with Crippen LogP contribution in [-0.4, -0.2) is 45.9 Å². The number of aliphatic imine (C=N–C) groups is 1. The standard InChI is InChI=1S/C8H17N7O/c1-6(5-16-3)11-8(9)10-4-7-12-14-15(2)13-7/h6H,4-5H2,1-3H3,(H3,9,10,11). The van der Waals surface area contributed by atoms with Crippen molar-refractivity contribution in [3.05, 3.63) is 5.82 Å². The molecule has 0 saturated heterocycles. The Morgan fingerprint density at radius 1 is 1.69 bits per heavy atom. The Bertz CT molecular complexity index is 348. The monoisotopic (exact) mass is 227 g/mol. The van der Waals surface area contributed by atoms with Gasteiger partial charge in [0.05, 0.1) is 13.7 Å². The van der Waals surface area contributed by atoms with Gasteiger partial charge < -0.3 is 15.8 Å². The Hall–Kier alpha value is -1.70. The lowest BCUT2D eigenvalue weighted by Gasteiger charge is -2.12. The Balaban J connectivity index is 2.39. The first-order valence-corrected chi connectivity index (χ1v) is 4.90. The van der Waals surface area contributed by atoms with Gasteiger partial charge in [-0.15, -0.1) is 10.2 Å². The minimum atomic E-state index is 0.114. The lowest BCUT2D eigenvalue weighted by Crippen LogP contribution is -2.40. The van der Waals surface area contributed by atoms with Crippen molar-refractivity contribution in [2.24, 2.45) is 17.8 Å². The van der Waals surface area contributed by atoms with Crippen LogP contribution in [0.5, 0.6) is 0 Å². The number of ether oxygens (including phenoxy) is 1. The van der Waals surface area contributed by atoms with Crippen molar-refractivity contribution < 1.29 is 4.74 Å². The summed E-state index contributed by atoms with van der Waals surface area (Å²) in [7, 11) is 3.33. The normalized spacial score (nSPS) is 13.8. The van der Waals surface area contributed by atoms with E-state index in [0.29, 0.717) is 24.9 Å². The van der Waals surface area contributed by atoms with Gasteiger partial charge in [-0.3, -0.25) is 0 Å². The first-order valence-electron chi connectivity index (χ1n) is 4.90. The van der Waals surface area contributed by atoms with Crippen LogP contribution in [0.1, 0.15) is 12.7 Å². The highest BCUT2D eigenvalue weighted by atomic mass is 16.5. The molecule has 0 aliphatic rings. The zero-order chi connectivity index (χ0) is 12.0. The van der Waals surface area contributed by atoms with E-state index >= 15 is 0 Å². The van der Waals surface area contributed by atoms with Crippen molar-refractivity contribution in [3.8, 4) is 0 Å². The van der Waals surface area contributed by atoms with Crippen molar-refractivity contribution in [1.82, 2.24) is 25.5 Å². The molecule has 1 heterocycles. The molecule has 1 rings (SSSR count). The summed E-state index contributed by atoms with van der Waals surface area (Å²) < 4.78 is 4.96. The maximum atomic E-state index is 5.66. The van der Waals surface area contributed by atoms with Crippen LogP contribution in [0.3, 0.4) is 0 Å². The molecule has 0 aromatic carbocycles. The molecule has 8 nitrogen and oxygen atoms in total. The topological polar surface area (TPSA) is 103 Å². The van der Waals surface area contributed by atoms with Gasteiger partial charge in [-0.05, 0) is 12.1 Å². The van der Waals surface area contributed by atoms with E-state index in [2.05, 4.69) is 25.7 Å². The number of aromatic nitrogens is 4. The van der Waals surface area contributed by atoms with Gasteiger partial charge in [0.2, 0.25) is 0 Å². The van der Waals surface area contributed by atoms with Crippen molar-refractivity contribution in [1.29, 1.82) is 0 Å². The number of guanidine groups is 1. The van der Waals surface area contributed by atoms with E-state index in [9.17, 15) is 0 Å². The lowest BCUT2D eigenvalue weighted by molar-refractivity contribution is 0.179. The SMILES string of the molecule is COCC(C)NC(N)=NCc1nnn(C)n1. The van der Waals surface area contributed by atoms with Gasteiger partial charge in [0.1, 0.15) is 6.54 Å². The van der Waals surface area contributed by atoms with Gasteiger partial charge in [0, 0.05) is 13.2 Å². The highest BCUT2D eigenvalue weighted by molar-refractivity contribution is 5.78. The quantitative estimate of drug-likeness (QED) is 0.476. The molecule has 1 unspecified atom stereocenters. The highest BCUT2D eigenvalue weighted by Gasteiger charge is 2.02. The van der Waals surface area contributed by atoms with Gasteiger partial charge in [0.25, 0.3) is 0 Å². The fourth-order valence-electron chi connectivity index (χ4n) is 1.13. The smallest absolute Gasteiger partial charge is 0.196 e. The summed E-state index contributed by atoms with van der Waals surface area (Å²) in [6.07, 6.45) is 0. The van der Waals surface area contributed by atoms with Gasteiger partial charge in [0.15, 0.2) is 11.8 Å². The number of tetrazole rings is 1. The van der Waals surface area contributed by atoms with Crippen molar-refractivity contribution in [2.75, 3.05) is 13.7 Å². The van der Waals surface area contributed by atoms with Crippen LogP contribution in [0.25, 0.3) is 0 Å². The maximum Gasteiger partial charge on any atom is 0.196 e. The molecule has 0 saturated carbocycles. The third-order valence-electron chi connectivity index (χ3n) is 1.75. The van der Waals surface area contributed by atoms with Crippen LogP contribution in [0, 0.1) is 0 Å². The van der Waals surface area contributed by atoms with Gasteiger partial charge >= 0.3 is 0 Å². The Morgan fingerprint density at radius 2 is 2.44 bits per heavy atom. The predicted octanol–water partition coefficient (Wildman–Crippen LogP) is -1.35. The molecule has 3 N–H and O–H groups in total. The number of hydrogen-bond acceptors (Lipinski definition) is 5. The molecule has 8 heteroatoms. The number of rotatable bonds is 5. The van der Waals surface area contributed by atoms with Gasteiger partial charge in [-0.2, -0.15) is 4.80 Å². The Labute approximate surface area is 93.9 Å². The molecule has 16 heavy (non-hydrogen) atoms. The number of hydrogen-bond donors (Lipinski definition) is 2. The van der Waals surface area contributed by atoms with Crippen molar-refractivity contribution >= 4 is 5.96 Å². The van der Waals surface area contributed by atoms with E-state index in [1.807, 2.05) is 6.92 Å². The molecule has 0 aliphatic carbocycles. The van der Waals surface area contributed by atoms with Gasteiger partial charge in [-0.1, -0.05) is 0 Å². The van der Waals surface area contributed by atoms with Crippen molar-refractivity contribution in [3.63, 3.8) is 0 Å². The fraction of sp³-hybridized carbons (Fsp3) is 0.750. The number of nitrogens with two attached hydrogens (primary N) is 1. The summed E-state index contributed by atoms with van der Waals surface area (Å²) in [5.41, 5.74) is 5.66. The zero-order valence-corrected chi connectivity index (χ0v) is 9.71. The van der Waals surface area contributed by atoms with Crippen LogP contribution < -0.4 is 11.1 Å². The van der Waals surface area contributed by atoms with E-state index in [1.165, 1.54) is 4.80 Å². The first kappa shape index (κ1) is 12.4. The number of nitrogens with zero attached hydrogens (tertiary/aromatic N) is 5. The summed E-state index contributed by atoms with van der Waals surface area (Å²) in [4.78, 5) is 5.46. The van der Waals surface area contributed by atoms with Crippen LogP contribution in [0.4, 0.5) is 0 Å². The molecule has 0 fully saturated rings. The second-order valence-electron chi connectivity index (χ2n) is 3.40. The van der Waals surface area contributed by atoms with Crippen molar-refractivity contribution in [2.45, 2.75) is 19.5 Å². The number of nitrogens with one attached hydrogen (secondary N) is 1. The fourth-order valence-corrected chi connectivity index (χ4v) is 1.13. The summed E-state index contributed by atoms with van der Waals surface area (Å²) in [6.45, 7) is 2.83. The predicted molar refractivity (Wildman–Crippen MR) is 58.6 cm³/mol. The molecule has 0 bridgehead atoms. The number of methoxy groups -OCH3 is 1. The average Bonchev–Trinajstić information content (AvgIpc) is 2.61. The second kappa shape index (κ2) is 6.01. The highest BCUT2D eigenvalue weighted by Crippen LogP contribution is 1.88. The van der Waals surface area contributed by atoms with Crippen LogP contribution in [0.15, 0.2) is 4.99 Å². The zero-order valence-electron chi connectivity index (χ0n) is 9.71. The maximum absolute atomic E-state index is 5.66. The molecule has 0 aliphatic heterocycles. The third kappa shape index (κ3) is 4.22. The molecule has 0 amide bonds. The van der Waals surface area contributed by atoms with Crippen LogP contribution in [0.2, 0.25) is 0 Å². The summed E-state index contributed by atoms with van der Waals surface area (Å²) in [5, 5.41) is 14.4. The molecule has 1 aromatic rings. The van der Waals surface area contributed by atoms with Crippen LogP contribution >= 0.6 is 0 Å². The van der Waals surface area contributed by atoms with E-state index in [0.717, 1.165) is 0 Å². The largest absolute Gasteiger partial charge is 0.383 e. The minimum absolute atomic E-state index is 0.114. The van der Waals surface area contributed by atoms with Gasteiger partial charge in [-0.25, -0.2) is 4.99 Å². The Morgan fingerprint density at radius 3 is 3.00 bits per heavy atom. The van der Waals surface area contributed by atoms with Crippen LogP contribution in [-0.2, 0) is 18.3 Å². The summed E-state index contributed by atoms with van der Waals surface area (Å²) in [6, 6.07) is 0.114. The molecule has 1 aromatic heterocycles. The summed E-state index contributed by atoms with van der Waals surface area (Å²) in [5.74, 6) is 0.878. The minimum Gasteiger partial charge on any atom is -0.383 e. The third-order valence-corrected chi connectivity index (χ3v) is 1.75. The lowest BCUT2D eigenvalue weighted by atomic mass is 10.4. The number of aryl methyl sites for hydroxylation is 1. The van der Waals surface area contributed by atoms with E-state index in [4.69, 9.17) is 10.5 Å². The second-order valence-corrected chi connectivity index (χ2v) is 3.40. The molecular weight excluding hydrogens is 210 g/mol. The van der Waals surface area contributed by atoms with E-state index in [-0.39, 0.29) is 6.04 Å². The average molecular weight is 227 g/mol. The molecule has 0 radical (unpaired) electrons. The van der Waals surface area contributed by atoms with E-state index in [1.54, 1.807) is 14.2 Å². The molecule has 0 spiro atoms. The molecule has 90 valence electrons. The summed E-state index contributed by atoms with van der Waals surface area (Å²) >= 11 is 0. The first-order chi connectivity index (χ1) is 7.61. The molecular formula is C8H17N7O. The molecule has 1 atom stereocenters.